The number of carboxylic acid groups (broad SMARTS) is 1. The molecular weight excluding hydrogens is 351 g/mol. The molecule has 0 fully saturated rings. The minimum atomic E-state index is -1.60. The molecule has 8 nitrogen and oxygen atoms in total. The van der Waals surface area contributed by atoms with E-state index in [1.807, 2.05) is 0 Å². The van der Waals surface area contributed by atoms with E-state index in [4.69, 9.17) is 10.4 Å². The molecule has 10 heteroatoms. The van der Waals surface area contributed by atoms with Crippen molar-refractivity contribution in [3.8, 4) is 11.8 Å². The van der Waals surface area contributed by atoms with Crippen molar-refractivity contribution in [3.05, 3.63) is 50.0 Å². The Morgan fingerprint density at radius 1 is 1.57 bits per heavy atom. The summed E-state index contributed by atoms with van der Waals surface area (Å²) in [5, 5.41) is 31.9. The van der Waals surface area contributed by atoms with Gasteiger partial charge in [-0.05, 0) is 28.1 Å². The first-order valence-corrected chi connectivity index (χ1v) is 6.02. The van der Waals surface area contributed by atoms with Gasteiger partial charge >= 0.3 is 11.7 Å². The van der Waals surface area contributed by atoms with E-state index in [1.54, 1.807) is 6.07 Å². The average molecular weight is 355 g/mol. The Morgan fingerprint density at radius 3 is 2.71 bits per heavy atom. The fourth-order valence-electron chi connectivity index (χ4n) is 1.58. The van der Waals surface area contributed by atoms with Gasteiger partial charge in [0, 0.05) is 0 Å². The highest BCUT2D eigenvalue weighted by atomic mass is 79.9. The molecule has 0 spiro atoms. The van der Waals surface area contributed by atoms with Gasteiger partial charge in [0.2, 0.25) is 5.69 Å². The molecule has 0 amide bonds. The summed E-state index contributed by atoms with van der Waals surface area (Å²) in [5.74, 6) is -2.49. The van der Waals surface area contributed by atoms with Crippen LogP contribution in [0.1, 0.15) is 16.1 Å². The van der Waals surface area contributed by atoms with Gasteiger partial charge in [-0.1, -0.05) is 0 Å². The Balaban J connectivity index is 2.66. The fourth-order valence-corrected chi connectivity index (χ4v) is 2.00. The molecule has 21 heavy (non-hydrogen) atoms. The Labute approximate surface area is 124 Å². The number of aromatic carboxylic acids is 1. The minimum absolute atomic E-state index is 0.0244. The second kappa shape index (κ2) is 5.29. The highest BCUT2D eigenvalue weighted by Crippen LogP contribution is 2.27. The largest absolute Gasteiger partial charge is 0.476 e. The second-order valence-electron chi connectivity index (χ2n) is 3.74. The first-order valence-electron chi connectivity index (χ1n) is 5.22. The molecule has 0 aliphatic rings. The third kappa shape index (κ3) is 2.46. The van der Waals surface area contributed by atoms with Crippen LogP contribution in [0.15, 0.2) is 22.8 Å². The highest BCUT2D eigenvalue weighted by molar-refractivity contribution is 9.10. The number of rotatable bonds is 3. The van der Waals surface area contributed by atoms with Crippen LogP contribution in [0.2, 0.25) is 0 Å². The molecule has 2 rings (SSSR count). The Hall–Kier alpha value is -2.80. The third-order valence-electron chi connectivity index (χ3n) is 2.52. The zero-order valence-electron chi connectivity index (χ0n) is 9.95. The first kappa shape index (κ1) is 14.6. The molecule has 0 unspecified atom stereocenters. The molecule has 0 aliphatic carbocycles. The Bertz CT molecular complexity index is 780. The number of nitrogens with zero attached hydrogens (tertiary/aromatic N) is 4. The van der Waals surface area contributed by atoms with Gasteiger partial charge in [0.25, 0.3) is 0 Å². The summed E-state index contributed by atoms with van der Waals surface area (Å²) >= 11 is 2.88. The van der Waals surface area contributed by atoms with E-state index in [-0.39, 0.29) is 15.7 Å². The van der Waals surface area contributed by atoms with Crippen molar-refractivity contribution in [2.75, 3.05) is 0 Å². The van der Waals surface area contributed by atoms with Crippen molar-refractivity contribution in [2.24, 2.45) is 0 Å². The highest BCUT2D eigenvalue weighted by Gasteiger charge is 2.26. The van der Waals surface area contributed by atoms with Crippen LogP contribution in [0, 0.1) is 27.3 Å². The van der Waals surface area contributed by atoms with Gasteiger partial charge in [0.05, 0.1) is 15.0 Å². The van der Waals surface area contributed by atoms with Crippen LogP contribution in [-0.4, -0.2) is 25.8 Å². The van der Waals surface area contributed by atoms with Gasteiger partial charge < -0.3 is 5.11 Å². The molecule has 106 valence electrons. The van der Waals surface area contributed by atoms with E-state index in [0.29, 0.717) is 0 Å². The zero-order chi connectivity index (χ0) is 15.7. The molecule has 0 bridgehead atoms. The molecule has 0 saturated heterocycles. The second-order valence-corrected chi connectivity index (χ2v) is 4.53. The van der Waals surface area contributed by atoms with Gasteiger partial charge in [-0.25, -0.2) is 13.9 Å². The minimum Gasteiger partial charge on any atom is -0.476 e. The number of aromatic nitrogens is 2. The van der Waals surface area contributed by atoms with Crippen molar-refractivity contribution in [1.29, 1.82) is 5.26 Å². The maximum atomic E-state index is 14.1. The maximum Gasteiger partial charge on any atom is 0.363 e. The summed E-state index contributed by atoms with van der Waals surface area (Å²) in [6.45, 7) is 0. The monoisotopic (exact) mass is 354 g/mol. The molecule has 0 saturated carbocycles. The lowest BCUT2D eigenvalue weighted by Crippen LogP contribution is -2.04. The lowest BCUT2D eigenvalue weighted by atomic mass is 10.2. The summed E-state index contributed by atoms with van der Waals surface area (Å²) in [6.07, 6.45) is 0.792. The Morgan fingerprint density at radius 2 is 2.24 bits per heavy atom. The SMILES string of the molecule is N#Cc1ccc(-n2cc([N+](=O)[O-])c(C(=O)O)n2)c(F)c1Br. The summed E-state index contributed by atoms with van der Waals surface area (Å²) in [6, 6.07) is 4.19. The molecule has 0 aliphatic heterocycles. The smallest absolute Gasteiger partial charge is 0.363 e. The van der Waals surface area contributed by atoms with Crippen molar-refractivity contribution in [2.45, 2.75) is 0 Å². The third-order valence-corrected chi connectivity index (χ3v) is 3.30. The number of hydrogen-bond acceptors (Lipinski definition) is 5. The molecule has 0 atom stereocenters. The summed E-state index contributed by atoms with van der Waals surface area (Å²) < 4.78 is 14.7. The van der Waals surface area contributed by atoms with Crippen molar-refractivity contribution < 1.29 is 19.2 Å². The van der Waals surface area contributed by atoms with Crippen LogP contribution in [0.4, 0.5) is 10.1 Å². The fraction of sp³-hybridized carbons (Fsp3) is 0. The van der Waals surface area contributed by atoms with E-state index < -0.39 is 28.1 Å². The summed E-state index contributed by atoms with van der Waals surface area (Å²) in [4.78, 5) is 20.7. The zero-order valence-corrected chi connectivity index (χ0v) is 11.5. The normalized spacial score (nSPS) is 10.1. The number of carboxylic acids is 1. The number of hydrogen-bond donors (Lipinski definition) is 1. The predicted octanol–water partition coefficient (Wildman–Crippen LogP) is 2.25. The number of benzene rings is 1. The van der Waals surface area contributed by atoms with E-state index in [2.05, 4.69) is 21.0 Å². The Kier molecular flexibility index (Phi) is 3.68. The molecule has 1 aromatic carbocycles. The van der Waals surface area contributed by atoms with E-state index >= 15 is 0 Å². The van der Waals surface area contributed by atoms with E-state index in [1.165, 1.54) is 12.1 Å². The van der Waals surface area contributed by atoms with Crippen LogP contribution < -0.4 is 0 Å². The van der Waals surface area contributed by atoms with Gasteiger partial charge in [-0.15, -0.1) is 0 Å². The average Bonchev–Trinajstić information content (AvgIpc) is 2.87. The van der Waals surface area contributed by atoms with Gasteiger partial charge in [-0.3, -0.25) is 10.1 Å². The van der Waals surface area contributed by atoms with Crippen molar-refractivity contribution in [1.82, 2.24) is 9.78 Å². The van der Waals surface area contributed by atoms with Gasteiger partial charge in [-0.2, -0.15) is 10.4 Å². The standard InChI is InChI=1S/C11H4BrFN4O4/c12-8-5(3-14)1-2-6(9(8)13)16-4-7(17(20)21)10(15-16)11(18)19/h1-2,4H,(H,18,19). The van der Waals surface area contributed by atoms with Gasteiger partial charge in [0.1, 0.15) is 18.0 Å². The van der Waals surface area contributed by atoms with Crippen LogP contribution in [-0.2, 0) is 0 Å². The first-order chi connectivity index (χ1) is 9.86. The van der Waals surface area contributed by atoms with Crippen LogP contribution >= 0.6 is 15.9 Å². The molecule has 2 aromatic rings. The molecule has 1 N–H and O–H groups in total. The number of nitriles is 1. The number of nitro groups is 1. The topological polar surface area (TPSA) is 122 Å². The molecule has 1 aromatic heterocycles. The number of halogens is 2. The molecule has 1 heterocycles. The van der Waals surface area contributed by atoms with Crippen molar-refractivity contribution in [3.63, 3.8) is 0 Å². The van der Waals surface area contributed by atoms with Gasteiger partial charge in [0.15, 0.2) is 5.82 Å². The quantitative estimate of drug-likeness (QED) is 0.666. The van der Waals surface area contributed by atoms with E-state index in [0.717, 1.165) is 10.9 Å². The summed E-state index contributed by atoms with van der Waals surface area (Å²) in [5.41, 5.74) is -1.77. The predicted molar refractivity (Wildman–Crippen MR) is 69.6 cm³/mol. The maximum absolute atomic E-state index is 14.1. The lowest BCUT2D eigenvalue weighted by molar-refractivity contribution is -0.385. The van der Waals surface area contributed by atoms with Crippen LogP contribution in [0.3, 0.4) is 0 Å². The molecule has 0 radical (unpaired) electrons. The number of carbonyl (C=O) groups is 1. The summed E-state index contributed by atoms with van der Waals surface area (Å²) in [7, 11) is 0. The lowest BCUT2D eigenvalue weighted by Gasteiger charge is -2.05. The van der Waals surface area contributed by atoms with Crippen LogP contribution in [0.25, 0.3) is 5.69 Å². The molecular formula is C11H4BrFN4O4. The van der Waals surface area contributed by atoms with Crippen molar-refractivity contribution >= 4 is 27.6 Å². The van der Waals surface area contributed by atoms with E-state index in [9.17, 15) is 19.3 Å². The van der Waals surface area contributed by atoms with Crippen LogP contribution in [0.5, 0.6) is 0 Å².